The first-order valence-corrected chi connectivity index (χ1v) is 6.75. The molecule has 4 nitrogen and oxygen atoms in total. The van der Waals surface area contributed by atoms with E-state index in [1.165, 1.54) is 0 Å². The summed E-state index contributed by atoms with van der Waals surface area (Å²) in [6.07, 6.45) is 5.56. The first-order valence-electron chi connectivity index (χ1n) is 6.75. The molecule has 110 valence electrons. The lowest BCUT2D eigenvalue weighted by Crippen LogP contribution is -2.19. The predicted molar refractivity (Wildman–Crippen MR) is 72.1 cm³/mol. The van der Waals surface area contributed by atoms with E-state index < -0.39 is 11.6 Å². The van der Waals surface area contributed by atoms with Crippen molar-refractivity contribution in [3.63, 3.8) is 0 Å². The van der Waals surface area contributed by atoms with Gasteiger partial charge in [0.25, 0.3) is 0 Å². The average Bonchev–Trinajstić information content (AvgIpc) is 3.00. The lowest BCUT2D eigenvalue weighted by molar-refractivity contribution is 0.0662. The molecule has 1 aromatic carbocycles. The van der Waals surface area contributed by atoms with Crippen LogP contribution in [0.15, 0.2) is 24.5 Å². The largest absolute Gasteiger partial charge is 0.381 e. The van der Waals surface area contributed by atoms with Gasteiger partial charge in [-0.3, -0.25) is 9.48 Å². The summed E-state index contributed by atoms with van der Waals surface area (Å²) in [5, 5.41) is 4.27. The Labute approximate surface area is 120 Å². The zero-order valence-electron chi connectivity index (χ0n) is 11.3. The zero-order valence-corrected chi connectivity index (χ0v) is 11.3. The SMILES string of the molecule is O=Cc1cc(F)c(F)cc1-c1cnn(C2CCOCC2)c1. The van der Waals surface area contributed by atoms with Gasteiger partial charge < -0.3 is 4.74 Å². The summed E-state index contributed by atoms with van der Waals surface area (Å²) in [7, 11) is 0. The number of carbonyl (C=O) groups is 1. The molecule has 0 atom stereocenters. The topological polar surface area (TPSA) is 44.1 Å². The maximum Gasteiger partial charge on any atom is 0.159 e. The van der Waals surface area contributed by atoms with E-state index in [4.69, 9.17) is 4.74 Å². The quantitative estimate of drug-likeness (QED) is 0.817. The van der Waals surface area contributed by atoms with E-state index in [1.807, 2.05) is 0 Å². The van der Waals surface area contributed by atoms with Crippen molar-refractivity contribution in [2.75, 3.05) is 13.2 Å². The summed E-state index contributed by atoms with van der Waals surface area (Å²) in [5.41, 5.74) is 1.06. The van der Waals surface area contributed by atoms with E-state index in [2.05, 4.69) is 5.10 Å². The normalized spacial score (nSPS) is 16.1. The first kappa shape index (κ1) is 13.9. The number of rotatable bonds is 3. The van der Waals surface area contributed by atoms with Crippen LogP contribution in [-0.2, 0) is 4.74 Å². The van der Waals surface area contributed by atoms with Crippen molar-refractivity contribution in [2.24, 2.45) is 0 Å². The molecule has 0 radical (unpaired) electrons. The van der Waals surface area contributed by atoms with E-state index in [9.17, 15) is 13.6 Å². The maximum atomic E-state index is 13.4. The van der Waals surface area contributed by atoms with Crippen molar-refractivity contribution >= 4 is 6.29 Å². The molecule has 1 fully saturated rings. The number of aldehydes is 1. The highest BCUT2D eigenvalue weighted by molar-refractivity contribution is 5.87. The van der Waals surface area contributed by atoms with Crippen molar-refractivity contribution in [1.29, 1.82) is 0 Å². The van der Waals surface area contributed by atoms with Crippen LogP contribution in [0.25, 0.3) is 11.1 Å². The standard InChI is InChI=1S/C15H14F2N2O2/c16-14-5-10(9-20)13(6-15(14)17)11-7-18-19(8-11)12-1-3-21-4-2-12/h5-9,12H,1-4H2. The van der Waals surface area contributed by atoms with Gasteiger partial charge in [0.15, 0.2) is 17.9 Å². The summed E-state index contributed by atoms with van der Waals surface area (Å²) in [5.74, 6) is -2.01. The Kier molecular flexibility index (Phi) is 3.79. The molecule has 0 bridgehead atoms. The Balaban J connectivity index is 1.95. The van der Waals surface area contributed by atoms with Crippen LogP contribution in [0.3, 0.4) is 0 Å². The molecule has 0 N–H and O–H groups in total. The summed E-state index contributed by atoms with van der Waals surface area (Å²) in [4.78, 5) is 11.0. The fourth-order valence-electron chi connectivity index (χ4n) is 2.54. The molecule has 0 spiro atoms. The number of ether oxygens (including phenoxy) is 1. The van der Waals surface area contributed by atoms with Crippen LogP contribution in [0.2, 0.25) is 0 Å². The van der Waals surface area contributed by atoms with E-state index in [-0.39, 0.29) is 11.6 Å². The third-order valence-electron chi connectivity index (χ3n) is 3.70. The molecule has 1 saturated heterocycles. The summed E-state index contributed by atoms with van der Waals surface area (Å²) in [6, 6.07) is 2.17. The monoisotopic (exact) mass is 292 g/mol. The highest BCUT2D eigenvalue weighted by Crippen LogP contribution is 2.27. The lowest BCUT2D eigenvalue weighted by atomic mass is 10.0. The molecule has 0 amide bonds. The molecule has 0 saturated carbocycles. The number of benzene rings is 1. The van der Waals surface area contributed by atoms with Gasteiger partial charge >= 0.3 is 0 Å². The Morgan fingerprint density at radius 1 is 1.24 bits per heavy atom. The highest BCUT2D eigenvalue weighted by Gasteiger charge is 2.18. The van der Waals surface area contributed by atoms with Crippen molar-refractivity contribution in [3.05, 3.63) is 41.7 Å². The van der Waals surface area contributed by atoms with Gasteiger partial charge in [0.2, 0.25) is 0 Å². The minimum absolute atomic E-state index is 0.112. The maximum absolute atomic E-state index is 13.4. The molecule has 2 aromatic rings. The summed E-state index contributed by atoms with van der Waals surface area (Å²) < 4.78 is 33.7. The average molecular weight is 292 g/mol. The van der Waals surface area contributed by atoms with Gasteiger partial charge in [-0.15, -0.1) is 0 Å². The molecule has 2 heterocycles. The fourth-order valence-corrected chi connectivity index (χ4v) is 2.54. The molecule has 21 heavy (non-hydrogen) atoms. The van der Waals surface area contributed by atoms with Gasteiger partial charge in [-0.25, -0.2) is 8.78 Å². The van der Waals surface area contributed by atoms with Crippen molar-refractivity contribution in [1.82, 2.24) is 9.78 Å². The van der Waals surface area contributed by atoms with Crippen LogP contribution in [0.1, 0.15) is 29.2 Å². The van der Waals surface area contributed by atoms with Crippen LogP contribution in [0.4, 0.5) is 8.78 Å². The Morgan fingerprint density at radius 3 is 2.67 bits per heavy atom. The second-order valence-corrected chi connectivity index (χ2v) is 5.02. The van der Waals surface area contributed by atoms with Gasteiger partial charge in [0, 0.05) is 30.5 Å². The number of aromatic nitrogens is 2. The molecule has 1 aliphatic heterocycles. The summed E-state index contributed by atoms with van der Waals surface area (Å²) in [6.45, 7) is 1.37. The van der Waals surface area contributed by atoms with Gasteiger partial charge in [0.1, 0.15) is 0 Å². The highest BCUT2D eigenvalue weighted by atomic mass is 19.2. The molecule has 0 unspecified atom stereocenters. The minimum Gasteiger partial charge on any atom is -0.381 e. The molecule has 1 aliphatic rings. The van der Waals surface area contributed by atoms with Gasteiger partial charge in [-0.05, 0) is 30.5 Å². The Morgan fingerprint density at radius 2 is 1.95 bits per heavy atom. The van der Waals surface area contributed by atoms with E-state index in [0.717, 1.165) is 25.0 Å². The molecule has 3 rings (SSSR count). The van der Waals surface area contributed by atoms with Gasteiger partial charge in [-0.1, -0.05) is 0 Å². The third-order valence-corrected chi connectivity index (χ3v) is 3.70. The molecule has 6 heteroatoms. The zero-order chi connectivity index (χ0) is 14.8. The van der Waals surface area contributed by atoms with Crippen LogP contribution >= 0.6 is 0 Å². The van der Waals surface area contributed by atoms with Crippen LogP contribution in [0.5, 0.6) is 0 Å². The van der Waals surface area contributed by atoms with Crippen molar-refractivity contribution in [3.8, 4) is 11.1 Å². The number of nitrogens with zero attached hydrogens (tertiary/aromatic N) is 2. The van der Waals surface area contributed by atoms with E-state index in [0.29, 0.717) is 30.6 Å². The first-order chi connectivity index (χ1) is 10.2. The minimum atomic E-state index is -1.03. The predicted octanol–water partition coefficient (Wildman–Crippen LogP) is 2.99. The van der Waals surface area contributed by atoms with Gasteiger partial charge in [-0.2, -0.15) is 5.10 Å². The second-order valence-electron chi connectivity index (χ2n) is 5.02. The molecule has 0 aliphatic carbocycles. The number of hydrogen-bond donors (Lipinski definition) is 0. The second kappa shape index (κ2) is 5.73. The van der Waals surface area contributed by atoms with E-state index in [1.54, 1.807) is 17.1 Å². The number of hydrogen-bond acceptors (Lipinski definition) is 3. The molecular formula is C15H14F2N2O2. The fraction of sp³-hybridized carbons (Fsp3) is 0.333. The van der Waals surface area contributed by atoms with E-state index >= 15 is 0 Å². The molecular weight excluding hydrogens is 278 g/mol. The van der Waals surface area contributed by atoms with Crippen molar-refractivity contribution in [2.45, 2.75) is 18.9 Å². The summed E-state index contributed by atoms with van der Waals surface area (Å²) >= 11 is 0. The Bertz CT molecular complexity index is 664. The van der Waals surface area contributed by atoms with Crippen LogP contribution in [0, 0.1) is 11.6 Å². The number of carbonyl (C=O) groups excluding carboxylic acids is 1. The van der Waals surface area contributed by atoms with Crippen molar-refractivity contribution < 1.29 is 18.3 Å². The third kappa shape index (κ3) is 2.71. The number of halogens is 2. The Hall–Kier alpha value is -2.08. The molecule has 1 aromatic heterocycles. The van der Waals surface area contributed by atoms with Gasteiger partial charge in [0.05, 0.1) is 12.2 Å². The van der Waals surface area contributed by atoms with Crippen LogP contribution < -0.4 is 0 Å². The van der Waals surface area contributed by atoms with Crippen LogP contribution in [-0.4, -0.2) is 29.3 Å². The lowest BCUT2D eigenvalue weighted by Gasteiger charge is -2.22. The smallest absolute Gasteiger partial charge is 0.159 e.